The van der Waals surface area contributed by atoms with Crippen LogP contribution in [-0.4, -0.2) is 68.1 Å². The molecule has 1 atom stereocenters. The first-order chi connectivity index (χ1) is 18.0. The van der Waals surface area contributed by atoms with E-state index in [4.69, 9.17) is 9.47 Å². The smallest absolute Gasteiger partial charge is 0.300 e. The van der Waals surface area contributed by atoms with Gasteiger partial charge in [0, 0.05) is 48.0 Å². The lowest BCUT2D eigenvalue weighted by Crippen LogP contribution is -2.44. The predicted molar refractivity (Wildman–Crippen MR) is 143 cm³/mol. The van der Waals surface area contributed by atoms with Gasteiger partial charge in [0.25, 0.3) is 11.7 Å². The molecule has 1 aromatic heterocycles. The molecule has 2 aromatic carbocycles. The molecule has 0 aliphatic carbocycles. The maximum absolute atomic E-state index is 13.4. The van der Waals surface area contributed by atoms with Gasteiger partial charge >= 0.3 is 0 Å². The van der Waals surface area contributed by atoms with E-state index in [1.165, 1.54) is 16.2 Å². The monoisotopic (exact) mass is 517 g/mol. The number of ether oxygens (including phenoxy) is 2. The topological polar surface area (TPSA) is 82.6 Å². The number of ketones is 1. The fourth-order valence-electron chi connectivity index (χ4n) is 5.05. The Hall–Kier alpha value is -3.82. The van der Waals surface area contributed by atoms with E-state index in [1.807, 2.05) is 41.8 Å². The van der Waals surface area contributed by atoms with Crippen LogP contribution in [0.5, 0.6) is 11.5 Å². The summed E-state index contributed by atoms with van der Waals surface area (Å²) in [6.45, 7) is 4.72. The van der Waals surface area contributed by atoms with Crippen LogP contribution in [0, 0.1) is 0 Å². The number of nitrogens with zero attached hydrogens (tertiary/aromatic N) is 3. The van der Waals surface area contributed by atoms with Crippen LogP contribution in [0.15, 0.2) is 65.6 Å². The first-order valence-electron chi connectivity index (χ1n) is 12.3. The van der Waals surface area contributed by atoms with Gasteiger partial charge in [-0.15, -0.1) is 11.3 Å². The number of hydrogen-bond acceptors (Lipinski definition) is 8. The highest BCUT2D eigenvalue weighted by molar-refractivity contribution is 7.10. The molecular formula is C28H27N3O5S. The number of fused-ring (bicyclic) bond motifs is 1. The number of likely N-dealkylation sites (N-methyl/N-ethyl adjacent to an activating group) is 1. The maximum Gasteiger partial charge on any atom is 0.300 e. The number of carbonyl (C=O) groups excluding carboxylic acids is 2. The lowest BCUT2D eigenvalue weighted by molar-refractivity contribution is -0.132. The van der Waals surface area contributed by atoms with Crippen LogP contribution in [-0.2, 0) is 9.59 Å². The van der Waals surface area contributed by atoms with Gasteiger partial charge < -0.3 is 24.4 Å². The van der Waals surface area contributed by atoms with Crippen molar-refractivity contribution in [3.8, 4) is 11.5 Å². The predicted octanol–water partition coefficient (Wildman–Crippen LogP) is 3.90. The summed E-state index contributed by atoms with van der Waals surface area (Å²) in [5, 5.41) is 13.3. The minimum atomic E-state index is -0.734. The second kappa shape index (κ2) is 9.57. The largest absolute Gasteiger partial charge is 0.507 e. The molecule has 3 aliphatic rings. The molecule has 8 nitrogen and oxygen atoms in total. The third-order valence-electron chi connectivity index (χ3n) is 7.07. The summed E-state index contributed by atoms with van der Waals surface area (Å²) in [4.78, 5) is 33.7. The number of benzene rings is 2. The van der Waals surface area contributed by atoms with Gasteiger partial charge in [0.05, 0.1) is 5.57 Å². The molecule has 6 rings (SSSR count). The fourth-order valence-corrected chi connectivity index (χ4v) is 5.87. The highest BCUT2D eigenvalue weighted by atomic mass is 32.1. The summed E-state index contributed by atoms with van der Waals surface area (Å²) < 4.78 is 11.2. The number of hydrogen-bond donors (Lipinski definition) is 1. The minimum absolute atomic E-state index is 0.0623. The van der Waals surface area contributed by atoms with E-state index in [9.17, 15) is 14.7 Å². The summed E-state index contributed by atoms with van der Waals surface area (Å²) >= 11 is 1.44. The molecule has 1 unspecified atom stereocenters. The van der Waals surface area contributed by atoms with E-state index in [0.717, 1.165) is 36.7 Å². The molecule has 2 fully saturated rings. The van der Waals surface area contributed by atoms with E-state index in [1.54, 1.807) is 18.2 Å². The Bertz CT molecular complexity index is 1360. The van der Waals surface area contributed by atoms with Crippen molar-refractivity contribution in [1.29, 1.82) is 0 Å². The molecule has 3 aromatic rings. The van der Waals surface area contributed by atoms with Crippen LogP contribution in [0.25, 0.3) is 5.76 Å². The number of anilines is 2. The van der Waals surface area contributed by atoms with Gasteiger partial charge in [-0.05, 0) is 61.0 Å². The van der Waals surface area contributed by atoms with Crippen molar-refractivity contribution in [3.05, 3.63) is 76.0 Å². The average molecular weight is 518 g/mol. The molecular weight excluding hydrogens is 490 g/mol. The number of piperazine rings is 1. The van der Waals surface area contributed by atoms with Crippen molar-refractivity contribution in [3.63, 3.8) is 0 Å². The first-order valence-corrected chi connectivity index (χ1v) is 13.2. The van der Waals surface area contributed by atoms with Gasteiger partial charge in [-0.2, -0.15) is 0 Å². The number of aliphatic hydroxyl groups is 1. The van der Waals surface area contributed by atoms with Crippen molar-refractivity contribution < 1.29 is 24.2 Å². The molecule has 1 amide bonds. The standard InChI is InChI=1S/C28H27N3O5S/c1-29-10-12-30(13-11-29)19-5-7-20(8-6-19)31-25(23-3-2-16-37-23)24(27(33)28(31)34)26(32)18-4-9-21-22(17-18)36-15-14-35-21/h2-9,16-17,25,32H,10-15H2,1H3/b26-24-. The summed E-state index contributed by atoms with van der Waals surface area (Å²) in [5.74, 6) is -0.528. The number of amides is 1. The Morgan fingerprint density at radius 2 is 1.62 bits per heavy atom. The quantitative estimate of drug-likeness (QED) is 0.319. The fraction of sp³-hybridized carbons (Fsp3) is 0.286. The molecule has 4 heterocycles. The van der Waals surface area contributed by atoms with Crippen molar-refractivity contribution in [2.24, 2.45) is 0 Å². The molecule has 37 heavy (non-hydrogen) atoms. The van der Waals surface area contributed by atoms with E-state index < -0.39 is 17.7 Å². The normalized spacial score (nSPS) is 21.5. The van der Waals surface area contributed by atoms with Crippen LogP contribution in [0.1, 0.15) is 16.5 Å². The summed E-state index contributed by atoms with van der Waals surface area (Å²) in [5.41, 5.74) is 2.15. The average Bonchev–Trinajstić information content (AvgIpc) is 3.55. The van der Waals surface area contributed by atoms with Crippen LogP contribution < -0.4 is 19.3 Å². The Kier molecular flexibility index (Phi) is 6.10. The lowest BCUT2D eigenvalue weighted by Gasteiger charge is -2.34. The zero-order valence-corrected chi connectivity index (χ0v) is 21.2. The van der Waals surface area contributed by atoms with Crippen LogP contribution >= 0.6 is 11.3 Å². The summed E-state index contributed by atoms with van der Waals surface area (Å²) in [7, 11) is 2.12. The third-order valence-corrected chi connectivity index (χ3v) is 7.99. The molecule has 2 saturated heterocycles. The number of aliphatic hydroxyl groups excluding tert-OH is 1. The lowest BCUT2D eigenvalue weighted by atomic mass is 9.99. The third kappa shape index (κ3) is 4.24. The van der Waals surface area contributed by atoms with Crippen molar-refractivity contribution in [2.75, 3.05) is 56.2 Å². The molecule has 0 spiro atoms. The van der Waals surface area contributed by atoms with Crippen molar-refractivity contribution >= 4 is 40.2 Å². The second-order valence-electron chi connectivity index (χ2n) is 9.35. The number of carbonyl (C=O) groups is 2. The van der Waals surface area contributed by atoms with E-state index >= 15 is 0 Å². The minimum Gasteiger partial charge on any atom is -0.507 e. The Balaban J connectivity index is 1.39. The zero-order valence-electron chi connectivity index (χ0n) is 20.4. The van der Waals surface area contributed by atoms with Gasteiger partial charge in [0.2, 0.25) is 0 Å². The molecule has 1 N–H and O–H groups in total. The Labute approximate surface area is 218 Å². The van der Waals surface area contributed by atoms with Gasteiger partial charge in [-0.1, -0.05) is 6.07 Å². The highest BCUT2D eigenvalue weighted by Crippen LogP contribution is 2.44. The molecule has 3 aliphatic heterocycles. The number of thiophene rings is 1. The van der Waals surface area contributed by atoms with Gasteiger partial charge in [0.1, 0.15) is 25.0 Å². The highest BCUT2D eigenvalue weighted by Gasteiger charge is 2.47. The van der Waals surface area contributed by atoms with Crippen molar-refractivity contribution in [1.82, 2.24) is 4.90 Å². The van der Waals surface area contributed by atoms with E-state index in [-0.39, 0.29) is 11.3 Å². The van der Waals surface area contributed by atoms with E-state index in [2.05, 4.69) is 16.8 Å². The van der Waals surface area contributed by atoms with Crippen molar-refractivity contribution in [2.45, 2.75) is 6.04 Å². The molecule has 0 radical (unpaired) electrons. The molecule has 9 heteroatoms. The number of Topliss-reactive ketones (excluding diaryl/α,β-unsaturated/α-hetero) is 1. The molecule has 190 valence electrons. The Morgan fingerprint density at radius 1 is 0.919 bits per heavy atom. The maximum atomic E-state index is 13.4. The van der Waals surface area contributed by atoms with Gasteiger partial charge in [-0.3, -0.25) is 14.5 Å². The Morgan fingerprint density at radius 3 is 2.32 bits per heavy atom. The van der Waals surface area contributed by atoms with Crippen LogP contribution in [0.2, 0.25) is 0 Å². The number of rotatable bonds is 4. The van der Waals surface area contributed by atoms with E-state index in [0.29, 0.717) is 36.0 Å². The summed E-state index contributed by atoms with van der Waals surface area (Å²) in [6, 6.07) is 15.8. The zero-order chi connectivity index (χ0) is 25.5. The van der Waals surface area contributed by atoms with Gasteiger partial charge in [-0.25, -0.2) is 0 Å². The van der Waals surface area contributed by atoms with Crippen LogP contribution in [0.4, 0.5) is 11.4 Å². The first kappa shape index (κ1) is 23.6. The molecule has 0 bridgehead atoms. The molecule has 0 saturated carbocycles. The van der Waals surface area contributed by atoms with Gasteiger partial charge in [0.15, 0.2) is 11.5 Å². The summed E-state index contributed by atoms with van der Waals surface area (Å²) in [6.07, 6.45) is 0. The second-order valence-corrected chi connectivity index (χ2v) is 10.3. The SMILES string of the molecule is CN1CCN(c2ccc(N3C(=O)C(=O)/C(=C(\O)c4ccc5c(c4)OCCO5)C3c3cccs3)cc2)CC1. The van der Waals surface area contributed by atoms with Crippen LogP contribution in [0.3, 0.4) is 0 Å².